The summed E-state index contributed by atoms with van der Waals surface area (Å²) in [5, 5.41) is 3.71. The largest absolute Gasteiger partial charge is 0.306 e. The van der Waals surface area contributed by atoms with Gasteiger partial charge in [0.2, 0.25) is 0 Å². The lowest BCUT2D eigenvalue weighted by Gasteiger charge is -2.44. The lowest BCUT2D eigenvalue weighted by Crippen LogP contribution is -2.58. The van der Waals surface area contributed by atoms with Crippen LogP contribution in [-0.2, 0) is 0 Å². The van der Waals surface area contributed by atoms with Crippen molar-refractivity contribution in [3.8, 4) is 0 Å². The molecule has 2 aliphatic rings. The molecule has 18 heavy (non-hydrogen) atoms. The van der Waals surface area contributed by atoms with Crippen molar-refractivity contribution in [2.24, 2.45) is 0 Å². The minimum atomic E-state index is 0.592. The molecule has 0 aromatic rings. The first-order valence-corrected chi connectivity index (χ1v) is 7.38. The van der Waals surface area contributed by atoms with Crippen LogP contribution in [0.1, 0.15) is 25.7 Å². The molecule has 3 unspecified atom stereocenters. The predicted octanol–water partition coefficient (Wildman–Crippen LogP) is 0.652. The molecule has 2 saturated heterocycles. The van der Waals surface area contributed by atoms with Crippen molar-refractivity contribution >= 4 is 0 Å². The van der Waals surface area contributed by atoms with Gasteiger partial charge in [0.15, 0.2) is 0 Å². The van der Waals surface area contributed by atoms with Crippen LogP contribution in [0.4, 0.5) is 0 Å². The maximum Gasteiger partial charge on any atom is 0.0612 e. The van der Waals surface area contributed by atoms with Crippen molar-refractivity contribution in [1.82, 2.24) is 20.0 Å². The normalized spacial score (nSPS) is 35.3. The first-order valence-electron chi connectivity index (χ1n) is 7.38. The summed E-state index contributed by atoms with van der Waals surface area (Å²) in [6.45, 7) is 3.66. The summed E-state index contributed by atoms with van der Waals surface area (Å²) in [4.78, 5) is 7.45. The molecule has 2 heterocycles. The average Bonchev–Trinajstić information content (AvgIpc) is 2.39. The Morgan fingerprint density at radius 2 is 1.72 bits per heavy atom. The molecule has 0 spiro atoms. The molecule has 0 aromatic heterocycles. The lowest BCUT2D eigenvalue weighted by atomic mass is 9.98. The first kappa shape index (κ1) is 14.3. The molecule has 0 saturated carbocycles. The highest BCUT2D eigenvalue weighted by Crippen LogP contribution is 2.21. The van der Waals surface area contributed by atoms with Crippen LogP contribution in [0.5, 0.6) is 0 Å². The van der Waals surface area contributed by atoms with Crippen molar-refractivity contribution in [1.29, 1.82) is 0 Å². The van der Waals surface area contributed by atoms with E-state index in [4.69, 9.17) is 0 Å². The number of likely N-dealkylation sites (N-methyl/N-ethyl adjacent to an activating group) is 1. The third-order valence-corrected chi connectivity index (χ3v) is 4.68. The Morgan fingerprint density at radius 1 is 1.00 bits per heavy atom. The highest BCUT2D eigenvalue weighted by molar-refractivity contribution is 4.87. The van der Waals surface area contributed by atoms with Gasteiger partial charge in [-0.15, -0.1) is 0 Å². The summed E-state index contributed by atoms with van der Waals surface area (Å²) in [6.07, 6.45) is 5.84. The number of hydrogen-bond acceptors (Lipinski definition) is 4. The van der Waals surface area contributed by atoms with Crippen molar-refractivity contribution in [3.63, 3.8) is 0 Å². The second-order valence-corrected chi connectivity index (χ2v) is 6.37. The molecule has 4 nitrogen and oxygen atoms in total. The number of nitrogens with one attached hydrogen (secondary N) is 1. The smallest absolute Gasteiger partial charge is 0.0612 e. The third-order valence-electron chi connectivity index (χ3n) is 4.68. The zero-order valence-corrected chi connectivity index (χ0v) is 12.5. The van der Waals surface area contributed by atoms with Gasteiger partial charge in [-0.1, -0.05) is 0 Å². The van der Waals surface area contributed by atoms with E-state index in [2.05, 4.69) is 48.2 Å². The summed E-state index contributed by atoms with van der Waals surface area (Å²) in [7, 11) is 8.86. The minimum absolute atomic E-state index is 0.592. The van der Waals surface area contributed by atoms with Gasteiger partial charge in [-0.2, -0.15) is 0 Å². The summed E-state index contributed by atoms with van der Waals surface area (Å²) < 4.78 is 0. The Morgan fingerprint density at radius 3 is 2.39 bits per heavy atom. The fraction of sp³-hybridized carbons (Fsp3) is 1.00. The molecule has 2 aliphatic heterocycles. The molecular formula is C14H30N4. The molecular weight excluding hydrogens is 224 g/mol. The molecule has 2 fully saturated rings. The second kappa shape index (κ2) is 6.33. The zero-order valence-electron chi connectivity index (χ0n) is 12.5. The summed E-state index contributed by atoms with van der Waals surface area (Å²) in [6, 6.07) is 1.48. The van der Waals surface area contributed by atoms with Gasteiger partial charge in [-0.3, -0.25) is 4.90 Å². The molecule has 4 heteroatoms. The maximum absolute atomic E-state index is 3.71. The van der Waals surface area contributed by atoms with E-state index >= 15 is 0 Å². The Hall–Kier alpha value is -0.160. The third kappa shape index (κ3) is 3.44. The van der Waals surface area contributed by atoms with Crippen molar-refractivity contribution in [2.45, 2.75) is 43.9 Å². The summed E-state index contributed by atoms with van der Waals surface area (Å²) in [5.41, 5.74) is 0. The van der Waals surface area contributed by atoms with E-state index in [9.17, 15) is 0 Å². The number of nitrogens with zero attached hydrogens (tertiary/aromatic N) is 3. The summed E-state index contributed by atoms with van der Waals surface area (Å²) >= 11 is 0. The number of rotatable bonds is 3. The molecule has 2 rings (SSSR count). The number of likely N-dealkylation sites (tertiary alicyclic amines) is 1. The van der Waals surface area contributed by atoms with Crippen LogP contribution in [0.3, 0.4) is 0 Å². The minimum Gasteiger partial charge on any atom is -0.306 e. The van der Waals surface area contributed by atoms with Gasteiger partial charge in [0.05, 0.1) is 6.17 Å². The van der Waals surface area contributed by atoms with Crippen LogP contribution in [0.25, 0.3) is 0 Å². The van der Waals surface area contributed by atoms with Crippen molar-refractivity contribution in [2.75, 3.05) is 47.8 Å². The van der Waals surface area contributed by atoms with E-state index in [0.717, 1.165) is 18.6 Å². The predicted molar refractivity (Wildman–Crippen MR) is 76.8 cm³/mol. The van der Waals surface area contributed by atoms with Crippen molar-refractivity contribution < 1.29 is 0 Å². The van der Waals surface area contributed by atoms with Crippen molar-refractivity contribution in [3.05, 3.63) is 0 Å². The van der Waals surface area contributed by atoms with Crippen LogP contribution in [0.2, 0.25) is 0 Å². The molecule has 106 valence electrons. The molecule has 0 amide bonds. The van der Waals surface area contributed by atoms with E-state index < -0.39 is 0 Å². The fourth-order valence-electron chi connectivity index (χ4n) is 3.31. The molecule has 0 aromatic carbocycles. The van der Waals surface area contributed by atoms with Gasteiger partial charge < -0.3 is 15.1 Å². The molecule has 0 aliphatic carbocycles. The van der Waals surface area contributed by atoms with Gasteiger partial charge >= 0.3 is 0 Å². The molecule has 1 N–H and O–H groups in total. The van der Waals surface area contributed by atoms with E-state index in [1.54, 1.807) is 0 Å². The van der Waals surface area contributed by atoms with Gasteiger partial charge in [-0.05, 0) is 67.0 Å². The monoisotopic (exact) mass is 254 g/mol. The quantitative estimate of drug-likeness (QED) is 0.798. The zero-order chi connectivity index (χ0) is 13.1. The Balaban J connectivity index is 1.90. The van der Waals surface area contributed by atoms with Crippen LogP contribution < -0.4 is 5.32 Å². The van der Waals surface area contributed by atoms with E-state index in [-0.39, 0.29) is 0 Å². The standard InChI is InChI=1S/C14H30N4/c1-16(2)12-7-8-15-14(10-12)18-9-5-6-13(11-18)17(3)4/h12-15H,5-11H2,1-4H3. The Labute approximate surface area is 112 Å². The summed E-state index contributed by atoms with van der Waals surface area (Å²) in [5.74, 6) is 0. The Kier molecular flexibility index (Phi) is 5.01. The van der Waals surface area contributed by atoms with E-state index in [0.29, 0.717) is 6.17 Å². The van der Waals surface area contributed by atoms with Gasteiger partial charge in [0, 0.05) is 18.6 Å². The molecule has 0 radical (unpaired) electrons. The molecule has 0 bridgehead atoms. The van der Waals surface area contributed by atoms with E-state index in [1.807, 2.05) is 0 Å². The SMILES string of the molecule is CN(C)C1CCNC(N2CCCC(N(C)C)C2)C1. The van der Waals surface area contributed by atoms with Gasteiger partial charge in [-0.25, -0.2) is 0 Å². The highest BCUT2D eigenvalue weighted by atomic mass is 15.3. The van der Waals surface area contributed by atoms with Crippen LogP contribution in [0, 0.1) is 0 Å². The van der Waals surface area contributed by atoms with Gasteiger partial charge in [0.1, 0.15) is 0 Å². The fourth-order valence-corrected chi connectivity index (χ4v) is 3.31. The van der Waals surface area contributed by atoms with Crippen LogP contribution >= 0.6 is 0 Å². The van der Waals surface area contributed by atoms with E-state index in [1.165, 1.54) is 38.8 Å². The first-order chi connectivity index (χ1) is 8.58. The topological polar surface area (TPSA) is 21.8 Å². The van der Waals surface area contributed by atoms with Crippen LogP contribution in [0.15, 0.2) is 0 Å². The number of piperidine rings is 2. The second-order valence-electron chi connectivity index (χ2n) is 6.37. The molecule has 3 atom stereocenters. The maximum atomic E-state index is 3.71. The average molecular weight is 254 g/mol. The lowest BCUT2D eigenvalue weighted by molar-refractivity contribution is 0.0473. The highest BCUT2D eigenvalue weighted by Gasteiger charge is 2.31. The number of hydrogen-bond donors (Lipinski definition) is 1. The van der Waals surface area contributed by atoms with Gasteiger partial charge in [0.25, 0.3) is 0 Å². The Bertz CT molecular complexity index is 228. The van der Waals surface area contributed by atoms with Crippen LogP contribution in [-0.4, -0.2) is 80.8 Å².